The Morgan fingerprint density at radius 2 is 1.81 bits per heavy atom. The number of ketones is 1. The molecule has 2 aromatic rings. The number of hydrogen-bond acceptors (Lipinski definition) is 4. The van der Waals surface area contributed by atoms with E-state index in [4.69, 9.17) is 0 Å². The van der Waals surface area contributed by atoms with Crippen LogP contribution in [0, 0.1) is 30.3 Å². The highest BCUT2D eigenvalue weighted by Gasteiger charge is 2.51. The number of carbonyl (C=O) groups is 1. The Hall–Kier alpha value is -2.38. The van der Waals surface area contributed by atoms with Gasteiger partial charge in [-0.25, -0.2) is 13.2 Å². The van der Waals surface area contributed by atoms with E-state index in [1.165, 1.54) is 18.2 Å². The second kappa shape index (κ2) is 10.0. The molecule has 1 saturated carbocycles. The predicted molar refractivity (Wildman–Crippen MR) is 120 cm³/mol. The average Bonchev–Trinajstić information content (AvgIpc) is 2.78. The summed E-state index contributed by atoms with van der Waals surface area (Å²) in [5.41, 5.74) is -0.753. The van der Waals surface area contributed by atoms with Crippen LogP contribution in [0.5, 0.6) is 0 Å². The molecule has 0 unspecified atom stereocenters. The van der Waals surface area contributed by atoms with Crippen molar-refractivity contribution < 1.29 is 23.1 Å². The summed E-state index contributed by atoms with van der Waals surface area (Å²) in [5, 5.41) is 16.7. The molecule has 2 aromatic carbocycles. The molecule has 0 bridgehead atoms. The molecule has 4 nitrogen and oxygen atoms in total. The number of halogens is 3. The van der Waals surface area contributed by atoms with Gasteiger partial charge in [-0.1, -0.05) is 26.3 Å². The highest BCUT2D eigenvalue weighted by Crippen LogP contribution is 2.45. The number of benzene rings is 2. The summed E-state index contributed by atoms with van der Waals surface area (Å²) in [6.07, 6.45) is 3.47. The molecule has 0 radical (unpaired) electrons. The first kappa shape index (κ1) is 24.3. The number of Topliss-reactive ketones (excluding diaryl/α,β-unsaturated/α-hetero) is 1. The lowest BCUT2D eigenvalue weighted by atomic mass is 9.63. The SMILES string of the molecule is CC.Cc1ccc(Nc2c(C(=O)C3CC(O)([C@@H]4CCCCN4)C3)ccc(F)c2F)c(F)c1. The Labute approximate surface area is 187 Å². The van der Waals surface area contributed by atoms with Crippen LogP contribution in [-0.2, 0) is 0 Å². The summed E-state index contributed by atoms with van der Waals surface area (Å²) in [5.74, 6) is -3.86. The van der Waals surface area contributed by atoms with Gasteiger partial charge in [0.15, 0.2) is 17.4 Å². The first-order chi connectivity index (χ1) is 15.3. The molecular formula is C25H31F3N2O2. The average molecular weight is 449 g/mol. The van der Waals surface area contributed by atoms with Crippen molar-refractivity contribution in [2.45, 2.75) is 64.5 Å². The molecule has 0 aromatic heterocycles. The van der Waals surface area contributed by atoms with Gasteiger partial charge in [-0.3, -0.25) is 4.79 Å². The third-order valence-corrected chi connectivity index (χ3v) is 6.27. The molecule has 2 aliphatic rings. The number of aliphatic hydroxyl groups is 1. The van der Waals surface area contributed by atoms with Crippen molar-refractivity contribution in [3.63, 3.8) is 0 Å². The lowest BCUT2D eigenvalue weighted by molar-refractivity contribution is -0.0948. The number of aryl methyl sites for hydroxylation is 1. The van der Waals surface area contributed by atoms with Crippen LogP contribution in [0.3, 0.4) is 0 Å². The van der Waals surface area contributed by atoms with E-state index in [-0.39, 0.29) is 41.6 Å². The minimum absolute atomic E-state index is 0.0440. The number of hydrogen-bond donors (Lipinski definition) is 3. The minimum Gasteiger partial charge on any atom is -0.388 e. The molecule has 1 saturated heterocycles. The highest BCUT2D eigenvalue weighted by molar-refractivity contribution is 6.04. The van der Waals surface area contributed by atoms with E-state index in [1.807, 2.05) is 13.8 Å². The van der Waals surface area contributed by atoms with Gasteiger partial charge in [0.2, 0.25) is 0 Å². The van der Waals surface area contributed by atoms with Gasteiger partial charge in [0, 0.05) is 17.5 Å². The van der Waals surface area contributed by atoms with Gasteiger partial charge in [-0.05, 0) is 69.0 Å². The summed E-state index contributed by atoms with van der Waals surface area (Å²) in [6, 6.07) is 6.37. The number of piperidine rings is 1. The molecular weight excluding hydrogens is 417 g/mol. The van der Waals surface area contributed by atoms with E-state index >= 15 is 0 Å². The van der Waals surface area contributed by atoms with Gasteiger partial charge < -0.3 is 15.7 Å². The van der Waals surface area contributed by atoms with Crippen molar-refractivity contribution in [2.24, 2.45) is 5.92 Å². The molecule has 1 aliphatic heterocycles. The van der Waals surface area contributed by atoms with E-state index in [0.29, 0.717) is 5.56 Å². The van der Waals surface area contributed by atoms with Crippen LogP contribution in [0.25, 0.3) is 0 Å². The molecule has 2 fully saturated rings. The fourth-order valence-corrected chi connectivity index (χ4v) is 4.53. The van der Waals surface area contributed by atoms with Crippen molar-refractivity contribution in [3.05, 3.63) is 58.9 Å². The van der Waals surface area contributed by atoms with Crippen LogP contribution in [0.4, 0.5) is 24.5 Å². The Bertz CT molecular complexity index is 968. The maximum atomic E-state index is 14.6. The Morgan fingerprint density at radius 1 is 1.09 bits per heavy atom. The van der Waals surface area contributed by atoms with E-state index in [9.17, 15) is 23.1 Å². The molecule has 174 valence electrons. The molecule has 3 N–H and O–H groups in total. The zero-order chi connectivity index (χ0) is 23.5. The second-order valence-corrected chi connectivity index (χ2v) is 8.47. The zero-order valence-corrected chi connectivity index (χ0v) is 18.8. The molecule has 32 heavy (non-hydrogen) atoms. The fourth-order valence-electron chi connectivity index (χ4n) is 4.53. The number of anilines is 2. The van der Waals surface area contributed by atoms with Crippen LogP contribution in [0.1, 0.15) is 61.9 Å². The van der Waals surface area contributed by atoms with Gasteiger partial charge in [-0.2, -0.15) is 0 Å². The lowest BCUT2D eigenvalue weighted by Gasteiger charge is -2.49. The van der Waals surface area contributed by atoms with Crippen molar-refractivity contribution >= 4 is 17.2 Å². The van der Waals surface area contributed by atoms with Crippen LogP contribution in [0.2, 0.25) is 0 Å². The van der Waals surface area contributed by atoms with E-state index in [1.54, 1.807) is 13.0 Å². The number of rotatable bonds is 5. The second-order valence-electron chi connectivity index (χ2n) is 8.47. The monoisotopic (exact) mass is 448 g/mol. The van der Waals surface area contributed by atoms with E-state index in [0.717, 1.165) is 31.9 Å². The fraction of sp³-hybridized carbons (Fsp3) is 0.480. The lowest BCUT2D eigenvalue weighted by Crippen LogP contribution is -2.61. The third kappa shape index (κ3) is 4.84. The normalized spacial score (nSPS) is 24.7. The van der Waals surface area contributed by atoms with Gasteiger partial charge >= 0.3 is 0 Å². The molecule has 7 heteroatoms. The maximum Gasteiger partial charge on any atom is 0.182 e. The first-order valence-electron chi connectivity index (χ1n) is 11.3. The minimum atomic E-state index is -1.23. The van der Waals surface area contributed by atoms with Gasteiger partial charge in [0.05, 0.1) is 17.0 Å². The number of carbonyl (C=O) groups excluding carboxylic acids is 1. The Morgan fingerprint density at radius 3 is 2.44 bits per heavy atom. The van der Waals surface area contributed by atoms with Crippen molar-refractivity contribution in [3.8, 4) is 0 Å². The summed E-state index contributed by atoms with van der Waals surface area (Å²) in [4.78, 5) is 13.1. The van der Waals surface area contributed by atoms with E-state index < -0.39 is 29.0 Å². The van der Waals surface area contributed by atoms with Crippen molar-refractivity contribution in [1.82, 2.24) is 5.32 Å². The summed E-state index contributed by atoms with van der Waals surface area (Å²) in [7, 11) is 0. The van der Waals surface area contributed by atoms with Gasteiger partial charge in [-0.15, -0.1) is 0 Å². The van der Waals surface area contributed by atoms with Crippen LogP contribution >= 0.6 is 0 Å². The predicted octanol–water partition coefficient (Wildman–Crippen LogP) is 5.65. The smallest absolute Gasteiger partial charge is 0.182 e. The largest absolute Gasteiger partial charge is 0.388 e. The topological polar surface area (TPSA) is 61.4 Å². The quantitative estimate of drug-likeness (QED) is 0.518. The van der Waals surface area contributed by atoms with Crippen LogP contribution in [-0.4, -0.2) is 29.1 Å². The molecule has 1 aliphatic carbocycles. The van der Waals surface area contributed by atoms with Crippen LogP contribution in [0.15, 0.2) is 30.3 Å². The Kier molecular flexibility index (Phi) is 7.62. The highest BCUT2D eigenvalue weighted by atomic mass is 19.2. The standard InChI is InChI=1S/C23H25F3N2O2.C2H6/c1-13-5-8-18(17(25)10-13)28-21-15(6-7-16(24)20(21)26)22(29)14-11-23(30,12-14)19-4-2-3-9-27-19;1-2/h5-8,10,14,19,27-28,30H,2-4,9,11-12H2,1H3;1-2H3/t14?,19-,23?;/m0./s1. The van der Waals surface area contributed by atoms with Gasteiger partial charge in [0.25, 0.3) is 0 Å². The maximum absolute atomic E-state index is 14.6. The first-order valence-corrected chi connectivity index (χ1v) is 11.3. The molecule has 1 heterocycles. The van der Waals surface area contributed by atoms with Gasteiger partial charge in [0.1, 0.15) is 5.82 Å². The third-order valence-electron chi connectivity index (χ3n) is 6.27. The van der Waals surface area contributed by atoms with Crippen molar-refractivity contribution in [1.29, 1.82) is 0 Å². The summed E-state index contributed by atoms with van der Waals surface area (Å²) >= 11 is 0. The molecule has 0 amide bonds. The molecule has 4 rings (SSSR count). The summed E-state index contributed by atoms with van der Waals surface area (Å²) in [6.45, 7) is 6.55. The molecule has 1 atom stereocenters. The number of nitrogens with one attached hydrogen (secondary N) is 2. The summed E-state index contributed by atoms with van der Waals surface area (Å²) < 4.78 is 42.7. The van der Waals surface area contributed by atoms with Crippen molar-refractivity contribution in [2.75, 3.05) is 11.9 Å². The van der Waals surface area contributed by atoms with Crippen LogP contribution < -0.4 is 10.6 Å². The van der Waals surface area contributed by atoms with E-state index in [2.05, 4.69) is 10.6 Å². The molecule has 0 spiro atoms. The Balaban J connectivity index is 0.00000141. The zero-order valence-electron chi connectivity index (χ0n) is 18.8.